The Kier molecular flexibility index (Phi) is 12.0. The molecule has 3 rings (SSSR count). The lowest BCUT2D eigenvalue weighted by Crippen LogP contribution is -2.30. The Balaban J connectivity index is 0.000000259. The predicted molar refractivity (Wildman–Crippen MR) is 116 cm³/mol. The maximum absolute atomic E-state index is 11.4. The van der Waals surface area contributed by atoms with Gasteiger partial charge in [-0.05, 0) is 57.1 Å². The highest BCUT2D eigenvalue weighted by atomic mass is 32.1. The number of aromatic nitrogens is 1. The normalized spacial score (nSPS) is 19.0. The molecule has 0 spiro atoms. The maximum atomic E-state index is 11.4. The van der Waals surface area contributed by atoms with Crippen LogP contribution in [-0.2, 0) is 22.9 Å². The van der Waals surface area contributed by atoms with Crippen molar-refractivity contribution in [1.29, 1.82) is 0 Å². The molecule has 0 unspecified atom stereocenters. The number of methoxy groups -OCH3 is 1. The van der Waals surface area contributed by atoms with Gasteiger partial charge in [-0.3, -0.25) is 4.79 Å². The monoisotopic (exact) mass is 420 g/mol. The molecule has 7 heteroatoms. The van der Waals surface area contributed by atoms with E-state index >= 15 is 0 Å². The summed E-state index contributed by atoms with van der Waals surface area (Å²) in [6.07, 6.45) is 7.27. The molecule has 2 N–H and O–H groups in total. The fourth-order valence-corrected chi connectivity index (χ4v) is 3.47. The third kappa shape index (κ3) is 9.30. The van der Waals surface area contributed by atoms with E-state index in [9.17, 15) is 4.79 Å². The molecule has 1 saturated carbocycles. The number of rotatable bonds is 4. The highest BCUT2D eigenvalue weighted by molar-refractivity contribution is 7.51. The molecular formula is C22H32N2O4S. The van der Waals surface area contributed by atoms with E-state index < -0.39 is 11.6 Å². The molecule has 1 aliphatic carbocycles. The Hall–Kier alpha value is -2.09. The average molecular weight is 421 g/mol. The van der Waals surface area contributed by atoms with Crippen LogP contribution in [0, 0.1) is 6.92 Å². The van der Waals surface area contributed by atoms with Crippen molar-refractivity contribution in [2.45, 2.75) is 64.1 Å². The molecule has 1 aromatic heterocycles. The van der Waals surface area contributed by atoms with E-state index in [1.54, 1.807) is 23.8 Å². The summed E-state index contributed by atoms with van der Waals surface area (Å²) in [7, 11) is 1.83. The van der Waals surface area contributed by atoms with Crippen molar-refractivity contribution in [1.82, 2.24) is 4.57 Å². The molecule has 1 aromatic carbocycles. The zero-order valence-corrected chi connectivity index (χ0v) is 18.3. The number of hydrogen-bond donors (Lipinski definition) is 1. The molecule has 1 atom stereocenters. The van der Waals surface area contributed by atoms with Crippen LogP contribution in [0.2, 0.25) is 0 Å². The Morgan fingerprint density at radius 3 is 2.21 bits per heavy atom. The Bertz CT molecular complexity index is 794. The molecule has 0 saturated heterocycles. The van der Waals surface area contributed by atoms with E-state index in [0.29, 0.717) is 12.6 Å². The number of aryl methyl sites for hydroxylation is 1. The van der Waals surface area contributed by atoms with Gasteiger partial charge in [0.05, 0.1) is 6.10 Å². The molecule has 1 fully saturated rings. The van der Waals surface area contributed by atoms with Crippen LogP contribution < -0.4 is 11.3 Å². The van der Waals surface area contributed by atoms with Crippen molar-refractivity contribution in [2.24, 2.45) is 5.73 Å². The number of hydrogen-bond acceptors (Lipinski definition) is 5. The smallest absolute Gasteiger partial charge is 0.335 e. The van der Waals surface area contributed by atoms with Gasteiger partial charge in [0.25, 0.3) is 5.56 Å². The minimum atomic E-state index is -0.750. The van der Waals surface area contributed by atoms with Gasteiger partial charge >= 0.3 is 11.6 Å². The van der Waals surface area contributed by atoms with Crippen LogP contribution in [0.25, 0.3) is 0 Å². The first-order valence-corrected chi connectivity index (χ1v) is 10.5. The fraction of sp³-hybridized carbons (Fsp3) is 0.500. The summed E-state index contributed by atoms with van der Waals surface area (Å²) in [4.78, 5) is 11.4. The van der Waals surface area contributed by atoms with Crippen molar-refractivity contribution in [2.75, 3.05) is 7.11 Å². The van der Waals surface area contributed by atoms with Crippen LogP contribution in [-0.4, -0.2) is 32.2 Å². The standard InChI is InChI=1S/C13H18O.C9H14N2O.O2S/c1-14-13-9-7-12(8-10-13)11-5-3-2-4-6-11;1-7-4-3-5-11(9(7)12)6-8(2)10;1-3-2/h2-6,12-13H,7-10H2,1H3;3-5,8H,6,10H2,1-2H3;/t;8-;/m.0./s1. The molecule has 1 heterocycles. The second kappa shape index (κ2) is 14.0. The molecule has 2 aromatic rings. The summed E-state index contributed by atoms with van der Waals surface area (Å²) in [5, 5.41) is 0. The van der Waals surface area contributed by atoms with Crippen molar-refractivity contribution >= 4 is 11.6 Å². The van der Waals surface area contributed by atoms with Crippen LogP contribution >= 0.6 is 0 Å². The fourth-order valence-electron chi connectivity index (χ4n) is 3.47. The summed E-state index contributed by atoms with van der Waals surface area (Å²) in [6.45, 7) is 4.27. The first kappa shape index (κ1) is 24.9. The number of nitrogens with two attached hydrogens (primary N) is 1. The number of benzene rings is 1. The molecule has 160 valence electrons. The van der Waals surface area contributed by atoms with Gasteiger partial charge < -0.3 is 15.0 Å². The van der Waals surface area contributed by atoms with Gasteiger partial charge in [0.15, 0.2) is 0 Å². The highest BCUT2D eigenvalue weighted by Gasteiger charge is 2.21. The molecule has 0 aliphatic heterocycles. The lowest BCUT2D eigenvalue weighted by molar-refractivity contribution is 0.0659. The van der Waals surface area contributed by atoms with Crippen molar-refractivity contribution in [3.63, 3.8) is 0 Å². The summed E-state index contributed by atoms with van der Waals surface area (Å²) in [5.74, 6) is 0.766. The lowest BCUT2D eigenvalue weighted by atomic mass is 9.83. The Labute approximate surface area is 176 Å². The Morgan fingerprint density at radius 2 is 1.69 bits per heavy atom. The molecule has 1 aliphatic rings. The Morgan fingerprint density at radius 1 is 1.10 bits per heavy atom. The highest BCUT2D eigenvalue weighted by Crippen LogP contribution is 2.33. The minimum absolute atomic E-state index is 0.0181. The number of pyridine rings is 1. The molecule has 0 amide bonds. The summed E-state index contributed by atoms with van der Waals surface area (Å²) in [5.41, 5.74) is 7.90. The first-order chi connectivity index (χ1) is 13.9. The summed E-state index contributed by atoms with van der Waals surface area (Å²) >= 11 is -0.750. The van der Waals surface area contributed by atoms with Crippen molar-refractivity contribution < 1.29 is 13.2 Å². The van der Waals surface area contributed by atoms with E-state index in [1.807, 2.05) is 20.1 Å². The molecule has 29 heavy (non-hydrogen) atoms. The third-order valence-corrected chi connectivity index (χ3v) is 4.97. The second-order valence-corrected chi connectivity index (χ2v) is 7.45. The van der Waals surface area contributed by atoms with Gasteiger partial charge in [-0.25, -0.2) is 0 Å². The minimum Gasteiger partial charge on any atom is -0.381 e. The van der Waals surface area contributed by atoms with E-state index in [4.69, 9.17) is 18.9 Å². The first-order valence-electron chi connectivity index (χ1n) is 9.84. The largest absolute Gasteiger partial charge is 0.381 e. The van der Waals surface area contributed by atoms with Gasteiger partial charge in [0.1, 0.15) is 0 Å². The quantitative estimate of drug-likeness (QED) is 0.820. The SMILES string of the molecule is COC1CCC(c2ccccc2)CC1.Cc1cccn(C[C@H](C)N)c1=O.O=S=O. The van der Waals surface area contributed by atoms with Crippen LogP contribution in [0.3, 0.4) is 0 Å². The van der Waals surface area contributed by atoms with E-state index in [-0.39, 0.29) is 11.6 Å². The van der Waals surface area contributed by atoms with Crippen LogP contribution in [0.5, 0.6) is 0 Å². The molecular weight excluding hydrogens is 388 g/mol. The predicted octanol–water partition coefficient (Wildman–Crippen LogP) is 3.19. The van der Waals surface area contributed by atoms with Gasteiger partial charge in [0, 0.05) is 31.5 Å². The van der Waals surface area contributed by atoms with Crippen LogP contribution in [0.15, 0.2) is 53.5 Å². The topological polar surface area (TPSA) is 91.4 Å². The zero-order valence-electron chi connectivity index (χ0n) is 17.5. The molecule has 6 nitrogen and oxygen atoms in total. The third-order valence-electron chi connectivity index (χ3n) is 4.97. The van der Waals surface area contributed by atoms with Crippen molar-refractivity contribution in [3.05, 3.63) is 70.1 Å². The van der Waals surface area contributed by atoms with E-state index in [0.717, 1.165) is 11.5 Å². The van der Waals surface area contributed by atoms with E-state index in [1.165, 1.54) is 31.2 Å². The van der Waals surface area contributed by atoms with Crippen LogP contribution in [0.1, 0.15) is 49.7 Å². The number of nitrogens with zero attached hydrogens (tertiary/aromatic N) is 1. The lowest BCUT2D eigenvalue weighted by Gasteiger charge is -2.27. The molecule has 0 radical (unpaired) electrons. The maximum Gasteiger partial charge on any atom is 0.335 e. The van der Waals surface area contributed by atoms with E-state index in [2.05, 4.69) is 30.3 Å². The van der Waals surface area contributed by atoms with Gasteiger partial charge in [-0.1, -0.05) is 36.4 Å². The second-order valence-electron chi connectivity index (χ2n) is 7.31. The van der Waals surface area contributed by atoms with Crippen molar-refractivity contribution in [3.8, 4) is 0 Å². The van der Waals surface area contributed by atoms with Gasteiger partial charge in [-0.2, -0.15) is 8.42 Å². The van der Waals surface area contributed by atoms with Gasteiger partial charge in [-0.15, -0.1) is 0 Å². The average Bonchev–Trinajstić information content (AvgIpc) is 2.73. The number of ether oxygens (including phenoxy) is 1. The summed E-state index contributed by atoms with van der Waals surface area (Å²) in [6, 6.07) is 14.5. The summed E-state index contributed by atoms with van der Waals surface area (Å²) < 4.78 is 23.6. The van der Waals surface area contributed by atoms with Gasteiger partial charge in [0.2, 0.25) is 0 Å². The van der Waals surface area contributed by atoms with Crippen LogP contribution in [0.4, 0.5) is 0 Å². The zero-order chi connectivity index (χ0) is 21.6. The molecule has 0 bridgehead atoms.